The molecule has 2 rings (SSSR count). The number of halogens is 1. The van der Waals surface area contributed by atoms with Gasteiger partial charge >= 0.3 is 0 Å². The van der Waals surface area contributed by atoms with Gasteiger partial charge in [0.2, 0.25) is 0 Å². The number of methoxy groups -OCH3 is 1. The van der Waals surface area contributed by atoms with E-state index in [1.165, 1.54) is 32.4 Å². The van der Waals surface area contributed by atoms with Crippen LogP contribution >= 0.6 is 24.0 Å². The van der Waals surface area contributed by atoms with Crippen molar-refractivity contribution in [1.29, 1.82) is 0 Å². The summed E-state index contributed by atoms with van der Waals surface area (Å²) < 4.78 is 5.14. The summed E-state index contributed by atoms with van der Waals surface area (Å²) >= 11 is 0. The van der Waals surface area contributed by atoms with Crippen LogP contribution in [0, 0.1) is 0 Å². The van der Waals surface area contributed by atoms with Gasteiger partial charge in [-0.1, -0.05) is 18.6 Å². The number of phenols is 1. The van der Waals surface area contributed by atoms with Gasteiger partial charge in [-0.2, -0.15) is 0 Å². The van der Waals surface area contributed by atoms with Gasteiger partial charge in [-0.3, -0.25) is 0 Å². The summed E-state index contributed by atoms with van der Waals surface area (Å²) in [6.45, 7) is 7.57. The molecule has 0 unspecified atom stereocenters. The number of ether oxygens (including phenoxy) is 1. The highest BCUT2D eigenvalue weighted by molar-refractivity contribution is 14.0. The van der Waals surface area contributed by atoms with E-state index in [4.69, 9.17) is 4.74 Å². The zero-order valence-corrected chi connectivity index (χ0v) is 17.6. The number of aromatic hydroxyl groups is 1. The van der Waals surface area contributed by atoms with Crippen molar-refractivity contribution >= 4 is 29.9 Å². The quantitative estimate of drug-likeness (QED) is 0.330. The van der Waals surface area contributed by atoms with Crippen LogP contribution < -0.4 is 15.4 Å². The molecule has 0 saturated carbocycles. The lowest BCUT2D eigenvalue weighted by Crippen LogP contribution is -2.42. The number of phenolic OH excluding ortho intramolecular Hbond substituents is 1. The topological polar surface area (TPSA) is 69.1 Å². The van der Waals surface area contributed by atoms with Gasteiger partial charge in [0.15, 0.2) is 17.5 Å². The number of para-hydroxylation sites is 1. The average Bonchev–Trinajstić information content (AvgIpc) is 2.61. The molecule has 0 amide bonds. The Bertz CT molecular complexity index is 534. The van der Waals surface area contributed by atoms with Gasteiger partial charge in [0, 0.05) is 25.2 Å². The summed E-state index contributed by atoms with van der Waals surface area (Å²) in [4.78, 5) is 7.06. The van der Waals surface area contributed by atoms with Crippen LogP contribution in [0.5, 0.6) is 11.5 Å². The van der Waals surface area contributed by atoms with Gasteiger partial charge in [-0.25, -0.2) is 4.99 Å². The molecule has 1 aromatic rings. The lowest BCUT2D eigenvalue weighted by atomic mass is 10.1. The van der Waals surface area contributed by atoms with Crippen LogP contribution in [0.3, 0.4) is 0 Å². The highest BCUT2D eigenvalue weighted by atomic mass is 127. The van der Waals surface area contributed by atoms with E-state index in [-0.39, 0.29) is 29.7 Å². The second-order valence-electron chi connectivity index (χ2n) is 5.99. The number of nitrogens with zero attached hydrogens (tertiary/aromatic N) is 2. The number of rotatable bonds is 7. The van der Waals surface area contributed by atoms with Crippen molar-refractivity contribution in [2.75, 3.05) is 39.8 Å². The first kappa shape index (κ1) is 21.8. The molecule has 1 aliphatic heterocycles. The molecule has 0 spiro atoms. The molecule has 6 nitrogen and oxygen atoms in total. The van der Waals surface area contributed by atoms with Crippen LogP contribution in [0.2, 0.25) is 0 Å². The molecular weight excluding hydrogens is 431 g/mol. The number of nitrogens with one attached hydrogen (secondary N) is 2. The fraction of sp³-hybridized carbons (Fsp3) is 0.611. The summed E-state index contributed by atoms with van der Waals surface area (Å²) in [6.07, 6.45) is 3.98. The number of benzene rings is 1. The Morgan fingerprint density at radius 3 is 2.68 bits per heavy atom. The Morgan fingerprint density at radius 1 is 1.24 bits per heavy atom. The summed E-state index contributed by atoms with van der Waals surface area (Å²) in [5.41, 5.74) is 0.752. The summed E-state index contributed by atoms with van der Waals surface area (Å²) in [5, 5.41) is 16.8. The van der Waals surface area contributed by atoms with E-state index < -0.39 is 0 Å². The molecule has 1 saturated heterocycles. The van der Waals surface area contributed by atoms with Gasteiger partial charge in [-0.15, -0.1) is 24.0 Å². The van der Waals surface area contributed by atoms with Gasteiger partial charge in [-0.05, 0) is 38.9 Å². The first-order valence-electron chi connectivity index (χ1n) is 8.84. The monoisotopic (exact) mass is 462 g/mol. The molecule has 3 N–H and O–H groups in total. The van der Waals surface area contributed by atoms with Crippen molar-refractivity contribution in [3.05, 3.63) is 23.8 Å². The molecule has 142 valence electrons. The number of hydrogen-bond donors (Lipinski definition) is 3. The third-order valence-electron chi connectivity index (χ3n) is 4.22. The van der Waals surface area contributed by atoms with Crippen LogP contribution in [-0.4, -0.2) is 55.8 Å². The molecule has 1 fully saturated rings. The molecule has 0 atom stereocenters. The second-order valence-corrected chi connectivity index (χ2v) is 5.99. The second kappa shape index (κ2) is 12.2. The number of hydrogen-bond acceptors (Lipinski definition) is 4. The maximum atomic E-state index is 10.1. The fourth-order valence-electron chi connectivity index (χ4n) is 2.88. The maximum absolute atomic E-state index is 10.1. The van der Waals surface area contributed by atoms with Gasteiger partial charge in [0.25, 0.3) is 0 Å². The third-order valence-corrected chi connectivity index (χ3v) is 4.22. The molecule has 0 bridgehead atoms. The zero-order valence-electron chi connectivity index (χ0n) is 15.3. The predicted molar refractivity (Wildman–Crippen MR) is 113 cm³/mol. The van der Waals surface area contributed by atoms with Crippen molar-refractivity contribution in [3.8, 4) is 11.5 Å². The number of likely N-dealkylation sites (tertiary alicyclic amines) is 1. The standard InChI is InChI=1S/C18H30N4O2.HI/c1-3-19-18(20-10-13-22-11-5-4-6-12-22)21-14-15-8-7-9-16(24-2)17(15)23;/h7-9,23H,3-6,10-14H2,1-2H3,(H2,19,20,21);1H. The Morgan fingerprint density at radius 2 is 2.00 bits per heavy atom. The number of piperidine rings is 1. The fourth-order valence-corrected chi connectivity index (χ4v) is 2.88. The first-order chi connectivity index (χ1) is 11.7. The molecule has 0 aliphatic carbocycles. The van der Waals surface area contributed by atoms with Crippen molar-refractivity contribution in [2.45, 2.75) is 32.7 Å². The Kier molecular flexibility index (Phi) is 10.6. The average molecular weight is 462 g/mol. The smallest absolute Gasteiger partial charge is 0.191 e. The normalized spacial score (nSPS) is 15.4. The van der Waals surface area contributed by atoms with Crippen molar-refractivity contribution in [2.24, 2.45) is 4.99 Å². The molecular formula is C18H31IN4O2. The highest BCUT2D eigenvalue weighted by Gasteiger charge is 2.10. The van der Waals surface area contributed by atoms with E-state index in [2.05, 4.69) is 20.5 Å². The summed E-state index contributed by atoms with van der Waals surface area (Å²) in [7, 11) is 1.55. The molecule has 1 heterocycles. The zero-order chi connectivity index (χ0) is 17.2. The van der Waals surface area contributed by atoms with Crippen molar-refractivity contribution < 1.29 is 9.84 Å². The number of aliphatic imine (C=N–C) groups is 1. The lowest BCUT2D eigenvalue weighted by molar-refractivity contribution is 0.232. The van der Waals surface area contributed by atoms with E-state index in [1.54, 1.807) is 13.2 Å². The Labute approximate surface area is 168 Å². The maximum Gasteiger partial charge on any atom is 0.191 e. The SMILES string of the molecule is CCNC(=NCc1cccc(OC)c1O)NCCN1CCCCC1.I. The van der Waals surface area contributed by atoms with Crippen molar-refractivity contribution in [3.63, 3.8) is 0 Å². The van der Waals surface area contributed by atoms with Gasteiger partial charge in [0.1, 0.15) is 0 Å². The van der Waals surface area contributed by atoms with Crippen LogP contribution in [-0.2, 0) is 6.54 Å². The molecule has 7 heteroatoms. The van der Waals surface area contributed by atoms with Crippen LogP contribution in [0.1, 0.15) is 31.7 Å². The Hall–Kier alpha value is -1.22. The van der Waals surface area contributed by atoms with E-state index in [0.717, 1.165) is 31.2 Å². The van der Waals surface area contributed by atoms with Crippen LogP contribution in [0.15, 0.2) is 23.2 Å². The van der Waals surface area contributed by atoms with E-state index in [0.29, 0.717) is 12.3 Å². The van der Waals surface area contributed by atoms with Crippen LogP contribution in [0.25, 0.3) is 0 Å². The minimum Gasteiger partial charge on any atom is -0.504 e. The molecule has 25 heavy (non-hydrogen) atoms. The minimum absolute atomic E-state index is 0. The van der Waals surface area contributed by atoms with E-state index in [9.17, 15) is 5.11 Å². The van der Waals surface area contributed by atoms with Gasteiger partial charge in [0.05, 0.1) is 13.7 Å². The summed E-state index contributed by atoms with van der Waals surface area (Å²) in [5.74, 6) is 1.41. The molecule has 1 aliphatic rings. The summed E-state index contributed by atoms with van der Waals surface area (Å²) in [6, 6.07) is 5.46. The minimum atomic E-state index is 0. The van der Waals surface area contributed by atoms with Crippen LogP contribution in [0.4, 0.5) is 0 Å². The third kappa shape index (κ3) is 7.27. The predicted octanol–water partition coefficient (Wildman–Crippen LogP) is 2.56. The van der Waals surface area contributed by atoms with Gasteiger partial charge < -0.3 is 25.4 Å². The molecule has 0 aromatic heterocycles. The Balaban J connectivity index is 0.00000312. The van der Waals surface area contributed by atoms with Crippen molar-refractivity contribution in [1.82, 2.24) is 15.5 Å². The lowest BCUT2D eigenvalue weighted by Gasteiger charge is -2.26. The van der Waals surface area contributed by atoms with E-state index in [1.807, 2.05) is 19.1 Å². The molecule has 0 radical (unpaired) electrons. The first-order valence-corrected chi connectivity index (χ1v) is 8.84. The van der Waals surface area contributed by atoms with E-state index >= 15 is 0 Å². The molecule has 1 aromatic carbocycles. The highest BCUT2D eigenvalue weighted by Crippen LogP contribution is 2.29. The number of guanidine groups is 1. The largest absolute Gasteiger partial charge is 0.504 e.